The highest BCUT2D eigenvalue weighted by Crippen LogP contribution is 2.37. The monoisotopic (exact) mass is 571 g/mol. The second-order valence-corrected chi connectivity index (χ2v) is 10.4. The number of ketones is 1. The molecule has 3 rings (SSSR count). The number of amides is 2. The summed E-state index contributed by atoms with van der Waals surface area (Å²) in [6, 6.07) is 15.2. The van der Waals surface area contributed by atoms with E-state index in [9.17, 15) is 24.3 Å². The summed E-state index contributed by atoms with van der Waals surface area (Å²) in [6.07, 6.45) is 0.406. The van der Waals surface area contributed by atoms with Crippen molar-refractivity contribution in [3.63, 3.8) is 0 Å². The Morgan fingerprint density at radius 1 is 1.21 bits per heavy atom. The van der Waals surface area contributed by atoms with E-state index >= 15 is 0 Å². The Labute approximate surface area is 237 Å². The zero-order valence-electron chi connectivity index (χ0n) is 22.0. The van der Waals surface area contributed by atoms with Gasteiger partial charge in [0.25, 0.3) is 5.91 Å². The second-order valence-electron chi connectivity index (χ2n) is 9.02. The maximum atomic E-state index is 14.4. The van der Waals surface area contributed by atoms with E-state index < -0.39 is 35.7 Å². The molecule has 1 heterocycles. The number of aliphatic carboxylic acids is 1. The average Bonchev–Trinajstić information content (AvgIpc) is 3.06. The standard InChI is InChI=1S/C27H33N5O5S2/c1-17(33)31(2)27(26(36)37,13-14-39-3)32-21-12-8-7-11-19(21)23(18-9-5-4-6-10-18)30-24(25(32)35)29-15-22(34)20(28)16-38/h4-12,20,24,29,38H,13-16,28H2,1-3H3,(H,36,37). The molecule has 2 amide bonds. The van der Waals surface area contributed by atoms with E-state index in [2.05, 4.69) is 17.9 Å². The number of Topliss-reactive ketones (excluding diaryl/α,β-unsaturated/α-hetero) is 1. The SMILES string of the molecule is CSCCC(C(=O)O)(N(C)C(C)=O)N1C(=O)C(NCC(=O)C(N)CS)N=C(c2ccccc2)c2ccccc21. The van der Waals surface area contributed by atoms with E-state index in [0.29, 0.717) is 22.6 Å². The lowest BCUT2D eigenvalue weighted by Crippen LogP contribution is -2.69. The molecule has 1 aliphatic rings. The van der Waals surface area contributed by atoms with Crippen molar-refractivity contribution in [2.24, 2.45) is 10.7 Å². The number of benzodiazepines with no additional fused rings is 1. The highest BCUT2D eigenvalue weighted by Gasteiger charge is 2.54. The third kappa shape index (κ3) is 6.19. The van der Waals surface area contributed by atoms with Crippen molar-refractivity contribution in [1.82, 2.24) is 10.2 Å². The smallest absolute Gasteiger partial charge is 0.351 e. The number of hydrogen-bond donors (Lipinski definition) is 4. The van der Waals surface area contributed by atoms with Gasteiger partial charge in [0.1, 0.15) is 0 Å². The van der Waals surface area contributed by atoms with Crippen molar-refractivity contribution in [2.75, 3.05) is 36.3 Å². The second kappa shape index (κ2) is 13.2. The third-order valence-electron chi connectivity index (χ3n) is 6.63. The molecule has 2 aromatic rings. The Morgan fingerprint density at radius 2 is 1.85 bits per heavy atom. The van der Waals surface area contributed by atoms with E-state index in [1.807, 2.05) is 36.6 Å². The van der Waals surface area contributed by atoms with Gasteiger partial charge in [-0.3, -0.25) is 29.6 Å². The molecule has 10 nitrogen and oxygen atoms in total. The number of thiol groups is 1. The Hall–Kier alpha value is -3.19. The van der Waals surface area contributed by atoms with E-state index in [1.54, 1.807) is 24.3 Å². The predicted octanol–water partition coefficient (Wildman–Crippen LogP) is 1.62. The van der Waals surface area contributed by atoms with Gasteiger partial charge in [0, 0.05) is 37.3 Å². The Kier molecular flexibility index (Phi) is 10.3. The van der Waals surface area contributed by atoms with Gasteiger partial charge >= 0.3 is 5.97 Å². The van der Waals surface area contributed by atoms with Crippen molar-refractivity contribution >= 4 is 59.4 Å². The van der Waals surface area contributed by atoms with Crippen LogP contribution in [-0.2, 0) is 19.2 Å². The Morgan fingerprint density at radius 3 is 2.44 bits per heavy atom. The number of rotatable bonds is 12. The third-order valence-corrected chi connectivity index (χ3v) is 7.64. The van der Waals surface area contributed by atoms with Crippen LogP contribution in [0.2, 0.25) is 0 Å². The molecule has 0 radical (unpaired) electrons. The number of carbonyl (C=O) groups excluding carboxylic acids is 3. The number of carboxylic acid groups (broad SMARTS) is 1. The molecule has 4 N–H and O–H groups in total. The highest BCUT2D eigenvalue weighted by molar-refractivity contribution is 7.98. The number of aliphatic imine (C=N–C) groups is 1. The van der Waals surface area contributed by atoms with Crippen LogP contribution < -0.4 is 16.0 Å². The molecule has 3 atom stereocenters. The number of para-hydroxylation sites is 1. The van der Waals surface area contributed by atoms with E-state index in [1.165, 1.54) is 25.7 Å². The zero-order valence-corrected chi connectivity index (χ0v) is 23.7. The van der Waals surface area contributed by atoms with Crippen LogP contribution >= 0.6 is 24.4 Å². The number of thioether (sulfide) groups is 1. The molecule has 3 unspecified atom stereocenters. The lowest BCUT2D eigenvalue weighted by molar-refractivity contribution is -0.159. The van der Waals surface area contributed by atoms with Crippen LogP contribution in [0.1, 0.15) is 24.5 Å². The van der Waals surface area contributed by atoms with Crippen molar-refractivity contribution in [2.45, 2.75) is 31.2 Å². The molecule has 1 aliphatic heterocycles. The number of nitrogens with zero attached hydrogens (tertiary/aromatic N) is 3. The molecule has 12 heteroatoms. The molecule has 0 spiro atoms. The molecule has 0 saturated heterocycles. The number of anilines is 1. The van der Waals surface area contributed by atoms with Crippen molar-refractivity contribution < 1.29 is 24.3 Å². The van der Waals surface area contributed by atoms with Crippen LogP contribution in [0.15, 0.2) is 59.6 Å². The number of benzene rings is 2. The number of carbonyl (C=O) groups is 4. The summed E-state index contributed by atoms with van der Waals surface area (Å²) in [5.74, 6) is -2.54. The van der Waals surface area contributed by atoms with E-state index in [0.717, 1.165) is 9.80 Å². The maximum Gasteiger partial charge on any atom is 0.351 e. The quantitative estimate of drug-likeness (QED) is 0.281. The first-order valence-electron chi connectivity index (χ1n) is 12.3. The minimum Gasteiger partial charge on any atom is -0.478 e. The van der Waals surface area contributed by atoms with Crippen LogP contribution in [0.5, 0.6) is 0 Å². The lowest BCUT2D eigenvalue weighted by Gasteiger charge is -2.46. The summed E-state index contributed by atoms with van der Waals surface area (Å²) in [5.41, 5.74) is 5.66. The number of fused-ring (bicyclic) bond motifs is 1. The van der Waals surface area contributed by atoms with Gasteiger partial charge in [-0.2, -0.15) is 24.4 Å². The summed E-state index contributed by atoms with van der Waals surface area (Å²) < 4.78 is 0. The molecule has 39 heavy (non-hydrogen) atoms. The van der Waals surface area contributed by atoms with Crippen LogP contribution in [0.4, 0.5) is 5.69 Å². The molecule has 0 bridgehead atoms. The van der Waals surface area contributed by atoms with Crippen molar-refractivity contribution in [3.05, 3.63) is 65.7 Å². The predicted molar refractivity (Wildman–Crippen MR) is 156 cm³/mol. The summed E-state index contributed by atoms with van der Waals surface area (Å²) in [6.45, 7) is 0.964. The van der Waals surface area contributed by atoms with Crippen molar-refractivity contribution in [3.8, 4) is 0 Å². The summed E-state index contributed by atoms with van der Waals surface area (Å²) in [4.78, 5) is 59.7. The Balaban J connectivity index is 2.31. The largest absolute Gasteiger partial charge is 0.478 e. The molecule has 0 aliphatic carbocycles. The van der Waals surface area contributed by atoms with Crippen LogP contribution in [-0.4, -0.2) is 88.5 Å². The Bertz CT molecular complexity index is 1260. The summed E-state index contributed by atoms with van der Waals surface area (Å²) >= 11 is 5.47. The summed E-state index contributed by atoms with van der Waals surface area (Å²) in [7, 11) is 1.37. The molecule has 0 aromatic heterocycles. The van der Waals surface area contributed by atoms with Crippen LogP contribution in [0.3, 0.4) is 0 Å². The number of nitrogens with one attached hydrogen (secondary N) is 1. The van der Waals surface area contributed by atoms with Gasteiger partial charge in [-0.1, -0.05) is 48.5 Å². The van der Waals surface area contributed by atoms with Gasteiger partial charge in [-0.25, -0.2) is 4.79 Å². The zero-order chi connectivity index (χ0) is 28.7. The minimum atomic E-state index is -2.07. The fourth-order valence-corrected chi connectivity index (χ4v) is 5.11. The minimum absolute atomic E-state index is 0.0590. The van der Waals surface area contributed by atoms with Crippen LogP contribution in [0.25, 0.3) is 0 Å². The first kappa shape index (κ1) is 30.4. The van der Waals surface area contributed by atoms with Crippen molar-refractivity contribution in [1.29, 1.82) is 0 Å². The molecule has 2 aromatic carbocycles. The molecular formula is C27H33N5O5S2. The van der Waals surface area contributed by atoms with Gasteiger partial charge in [-0.15, -0.1) is 0 Å². The van der Waals surface area contributed by atoms with Gasteiger partial charge in [-0.05, 0) is 18.1 Å². The number of likely N-dealkylation sites (N-methyl/N-ethyl adjacent to an activating group) is 1. The van der Waals surface area contributed by atoms with E-state index in [4.69, 9.17) is 10.7 Å². The maximum absolute atomic E-state index is 14.4. The molecule has 0 fully saturated rings. The average molecular weight is 572 g/mol. The van der Waals surface area contributed by atoms with Crippen LogP contribution in [0, 0.1) is 0 Å². The lowest BCUT2D eigenvalue weighted by atomic mass is 9.96. The first-order chi connectivity index (χ1) is 18.6. The van der Waals surface area contributed by atoms with Gasteiger partial charge in [0.05, 0.1) is 24.0 Å². The molecule has 208 valence electrons. The van der Waals surface area contributed by atoms with E-state index in [-0.39, 0.29) is 30.2 Å². The number of carboxylic acids is 1. The van der Waals surface area contributed by atoms with Gasteiger partial charge in [0.2, 0.25) is 11.6 Å². The topological polar surface area (TPSA) is 145 Å². The fraction of sp³-hybridized carbons (Fsp3) is 0.370. The molecule has 0 saturated carbocycles. The fourth-order valence-electron chi connectivity index (χ4n) is 4.41. The first-order valence-corrected chi connectivity index (χ1v) is 14.3. The summed E-state index contributed by atoms with van der Waals surface area (Å²) in [5, 5.41) is 13.6. The van der Waals surface area contributed by atoms with Gasteiger partial charge in [0.15, 0.2) is 11.9 Å². The normalized spacial score (nSPS) is 17.4. The molecular weight excluding hydrogens is 538 g/mol. The number of hydrogen-bond acceptors (Lipinski definition) is 9. The number of nitrogens with two attached hydrogens (primary N) is 1. The van der Waals surface area contributed by atoms with Gasteiger partial charge < -0.3 is 15.7 Å². The highest BCUT2D eigenvalue weighted by atomic mass is 32.2.